The Morgan fingerprint density at radius 2 is 2.27 bits per heavy atom. The molecule has 4 nitrogen and oxygen atoms in total. The van der Waals surface area contributed by atoms with Gasteiger partial charge in [-0.25, -0.2) is 8.42 Å². The van der Waals surface area contributed by atoms with E-state index in [1.54, 1.807) is 11.4 Å². The maximum absolute atomic E-state index is 12.1. The van der Waals surface area contributed by atoms with E-state index in [1.807, 2.05) is 13.8 Å². The smallest absolute Gasteiger partial charge is 0.244 e. The number of hydrogen-bond acceptors (Lipinski definition) is 4. The van der Waals surface area contributed by atoms with E-state index in [1.165, 1.54) is 15.6 Å². The number of fused-ring (bicyclic) bond motifs is 1. The van der Waals surface area contributed by atoms with Crippen LogP contribution >= 0.6 is 11.3 Å². The molecule has 0 fully saturated rings. The van der Waals surface area contributed by atoms with Gasteiger partial charge in [-0.1, -0.05) is 0 Å². The third-order valence-corrected chi connectivity index (χ3v) is 5.72. The van der Waals surface area contributed by atoms with Crippen molar-refractivity contribution < 1.29 is 13.5 Å². The largest absolute Gasteiger partial charge is 0.386 e. The van der Waals surface area contributed by atoms with Crippen molar-refractivity contribution in [3.63, 3.8) is 0 Å². The van der Waals surface area contributed by atoms with Crippen LogP contribution < -0.4 is 0 Å². The molecule has 0 aliphatic carbocycles. The van der Waals surface area contributed by atoms with E-state index < -0.39 is 16.1 Å². The molecular formula is C9H13NO3S2. The Hall–Kier alpha value is -0.430. The van der Waals surface area contributed by atoms with Crippen molar-refractivity contribution in [2.45, 2.75) is 30.9 Å². The molecule has 2 rings (SSSR count). The maximum atomic E-state index is 12.1. The molecule has 1 aromatic rings. The lowest BCUT2D eigenvalue weighted by Gasteiger charge is -2.32. The Balaban J connectivity index is 2.57. The first-order valence-corrected chi connectivity index (χ1v) is 7.04. The number of thiophene rings is 1. The van der Waals surface area contributed by atoms with Crippen molar-refractivity contribution in [1.82, 2.24) is 4.31 Å². The minimum absolute atomic E-state index is 0.127. The molecular weight excluding hydrogens is 234 g/mol. The fraction of sp³-hybridized carbons (Fsp3) is 0.556. The number of β-amino-alcohol motifs (C(OH)–C–C–N with tert-alkyl or cyclic N) is 1. The molecule has 1 atom stereocenters. The summed E-state index contributed by atoms with van der Waals surface area (Å²) in [5.41, 5.74) is 0. The van der Waals surface area contributed by atoms with Crippen LogP contribution in [0, 0.1) is 0 Å². The van der Waals surface area contributed by atoms with Crippen molar-refractivity contribution in [2.75, 3.05) is 6.54 Å². The first-order chi connectivity index (χ1) is 6.94. The summed E-state index contributed by atoms with van der Waals surface area (Å²) >= 11 is 1.29. The van der Waals surface area contributed by atoms with E-state index in [-0.39, 0.29) is 17.5 Å². The summed E-state index contributed by atoms with van der Waals surface area (Å²) in [7, 11) is -3.39. The molecule has 0 unspecified atom stereocenters. The van der Waals surface area contributed by atoms with Crippen molar-refractivity contribution in [3.8, 4) is 0 Å². The summed E-state index contributed by atoms with van der Waals surface area (Å²) in [6.45, 7) is 3.77. The second-order valence-corrected chi connectivity index (χ2v) is 6.64. The molecule has 1 aliphatic heterocycles. The van der Waals surface area contributed by atoms with Crippen LogP contribution in [0.25, 0.3) is 0 Å². The Bertz CT molecular complexity index is 463. The number of sulfonamides is 1. The fourth-order valence-corrected chi connectivity index (χ4v) is 4.82. The molecule has 1 aliphatic rings. The van der Waals surface area contributed by atoms with Gasteiger partial charge in [0.15, 0.2) is 0 Å². The maximum Gasteiger partial charge on any atom is 0.244 e. The Kier molecular flexibility index (Phi) is 2.62. The van der Waals surface area contributed by atoms with Gasteiger partial charge in [0.2, 0.25) is 10.0 Å². The molecule has 0 saturated carbocycles. The number of rotatable bonds is 1. The van der Waals surface area contributed by atoms with Crippen LogP contribution in [0.5, 0.6) is 0 Å². The first-order valence-electron chi connectivity index (χ1n) is 4.72. The van der Waals surface area contributed by atoms with E-state index in [9.17, 15) is 13.5 Å². The van der Waals surface area contributed by atoms with E-state index in [2.05, 4.69) is 0 Å². The average Bonchev–Trinajstić information content (AvgIpc) is 2.60. The lowest BCUT2D eigenvalue weighted by molar-refractivity contribution is 0.132. The van der Waals surface area contributed by atoms with Crippen LogP contribution in [0.4, 0.5) is 0 Å². The van der Waals surface area contributed by atoms with Gasteiger partial charge in [0, 0.05) is 12.6 Å². The van der Waals surface area contributed by atoms with Gasteiger partial charge in [-0.3, -0.25) is 0 Å². The minimum atomic E-state index is -3.39. The highest BCUT2D eigenvalue weighted by Crippen LogP contribution is 2.36. The SMILES string of the molecule is CC(C)N1C[C@@H](O)c2sccc2S1(=O)=O. The lowest BCUT2D eigenvalue weighted by Crippen LogP contribution is -2.43. The second kappa shape index (κ2) is 3.55. The number of nitrogens with zero attached hydrogens (tertiary/aromatic N) is 1. The summed E-state index contributed by atoms with van der Waals surface area (Å²) in [5, 5.41) is 11.5. The molecule has 0 saturated heterocycles. The standard InChI is InChI=1S/C9H13NO3S2/c1-6(2)10-5-7(11)9-8(3-4-14-9)15(10,12)13/h3-4,6-7,11H,5H2,1-2H3/t7-/m1/s1. The topological polar surface area (TPSA) is 57.6 Å². The molecule has 1 N–H and O–H groups in total. The van der Waals surface area contributed by atoms with E-state index in [0.29, 0.717) is 4.88 Å². The van der Waals surface area contributed by atoms with Crippen molar-refractivity contribution in [3.05, 3.63) is 16.3 Å². The summed E-state index contributed by atoms with van der Waals surface area (Å²) in [5.74, 6) is 0. The molecule has 0 amide bonds. The summed E-state index contributed by atoms with van der Waals surface area (Å²) < 4.78 is 25.5. The van der Waals surface area contributed by atoms with Crippen LogP contribution in [0.2, 0.25) is 0 Å². The van der Waals surface area contributed by atoms with Gasteiger partial charge in [-0.05, 0) is 25.3 Å². The van der Waals surface area contributed by atoms with Crippen LogP contribution in [0.1, 0.15) is 24.8 Å². The van der Waals surface area contributed by atoms with E-state index in [0.717, 1.165) is 0 Å². The predicted molar refractivity (Wildman–Crippen MR) is 58.3 cm³/mol. The average molecular weight is 247 g/mol. The number of aliphatic hydroxyl groups excluding tert-OH is 1. The molecule has 2 heterocycles. The Labute approximate surface area is 93.2 Å². The predicted octanol–water partition coefficient (Wildman–Crippen LogP) is 1.19. The van der Waals surface area contributed by atoms with E-state index >= 15 is 0 Å². The summed E-state index contributed by atoms with van der Waals surface area (Å²) in [4.78, 5) is 0.826. The molecule has 15 heavy (non-hydrogen) atoms. The van der Waals surface area contributed by atoms with Gasteiger partial charge >= 0.3 is 0 Å². The van der Waals surface area contributed by atoms with Crippen molar-refractivity contribution >= 4 is 21.4 Å². The number of hydrogen-bond donors (Lipinski definition) is 1. The number of aliphatic hydroxyl groups is 1. The first kappa shape index (κ1) is 11.1. The minimum Gasteiger partial charge on any atom is -0.386 e. The van der Waals surface area contributed by atoms with Gasteiger partial charge in [0.25, 0.3) is 0 Å². The highest BCUT2D eigenvalue weighted by molar-refractivity contribution is 7.89. The highest BCUT2D eigenvalue weighted by atomic mass is 32.2. The van der Waals surface area contributed by atoms with Crippen LogP contribution in [-0.4, -0.2) is 30.4 Å². The normalized spacial score (nSPS) is 25.5. The van der Waals surface area contributed by atoms with Crippen LogP contribution in [0.15, 0.2) is 16.3 Å². The third-order valence-electron chi connectivity index (χ3n) is 2.48. The van der Waals surface area contributed by atoms with Gasteiger partial charge in [-0.15, -0.1) is 11.3 Å². The monoisotopic (exact) mass is 247 g/mol. The molecule has 0 aromatic carbocycles. The summed E-state index contributed by atoms with van der Waals surface area (Å²) in [6, 6.07) is 1.44. The molecule has 0 spiro atoms. The highest BCUT2D eigenvalue weighted by Gasteiger charge is 2.38. The van der Waals surface area contributed by atoms with Gasteiger partial charge in [-0.2, -0.15) is 4.31 Å². The Morgan fingerprint density at radius 3 is 2.87 bits per heavy atom. The molecule has 0 radical (unpaired) electrons. The van der Waals surface area contributed by atoms with Gasteiger partial charge in [0.1, 0.15) is 6.10 Å². The van der Waals surface area contributed by atoms with Crippen molar-refractivity contribution in [1.29, 1.82) is 0 Å². The zero-order valence-corrected chi connectivity index (χ0v) is 10.2. The zero-order chi connectivity index (χ0) is 11.2. The molecule has 6 heteroatoms. The molecule has 1 aromatic heterocycles. The quantitative estimate of drug-likeness (QED) is 0.811. The Morgan fingerprint density at radius 1 is 1.60 bits per heavy atom. The summed E-state index contributed by atoms with van der Waals surface area (Å²) in [6.07, 6.45) is -0.689. The van der Waals surface area contributed by atoms with Gasteiger partial charge < -0.3 is 5.11 Å². The fourth-order valence-electron chi connectivity index (χ4n) is 1.73. The van der Waals surface area contributed by atoms with Crippen molar-refractivity contribution in [2.24, 2.45) is 0 Å². The second-order valence-electron chi connectivity index (χ2n) is 3.83. The van der Waals surface area contributed by atoms with Crippen LogP contribution in [-0.2, 0) is 10.0 Å². The lowest BCUT2D eigenvalue weighted by atomic mass is 10.2. The molecule has 84 valence electrons. The van der Waals surface area contributed by atoms with Crippen LogP contribution in [0.3, 0.4) is 0 Å². The third kappa shape index (κ3) is 1.61. The van der Waals surface area contributed by atoms with Gasteiger partial charge in [0.05, 0.1) is 9.77 Å². The van der Waals surface area contributed by atoms with E-state index in [4.69, 9.17) is 0 Å². The zero-order valence-electron chi connectivity index (χ0n) is 8.54. The molecule has 0 bridgehead atoms.